The molecule has 19 heavy (non-hydrogen) atoms. The Morgan fingerprint density at radius 2 is 2.16 bits per heavy atom. The van der Waals surface area contributed by atoms with Gasteiger partial charge in [0.1, 0.15) is 16.4 Å². The Bertz CT molecular complexity index is 610. The van der Waals surface area contributed by atoms with Crippen molar-refractivity contribution in [2.24, 2.45) is 0 Å². The molecule has 100 valence electrons. The zero-order chi connectivity index (χ0) is 14.0. The average molecular weight is 277 g/mol. The summed E-state index contributed by atoms with van der Waals surface area (Å²) >= 11 is 1.58. The summed E-state index contributed by atoms with van der Waals surface area (Å²) in [6, 6.07) is 1.61. The molecule has 0 saturated heterocycles. The molecular formula is C13H15N3O2S. The summed E-state index contributed by atoms with van der Waals surface area (Å²) in [6.45, 7) is 5.68. The summed E-state index contributed by atoms with van der Waals surface area (Å²) < 4.78 is 0. The van der Waals surface area contributed by atoms with E-state index >= 15 is 0 Å². The van der Waals surface area contributed by atoms with E-state index in [0.29, 0.717) is 11.4 Å². The van der Waals surface area contributed by atoms with E-state index in [2.05, 4.69) is 15.3 Å². The van der Waals surface area contributed by atoms with E-state index in [1.54, 1.807) is 36.7 Å². The lowest BCUT2D eigenvalue weighted by Gasteiger charge is -2.14. The summed E-state index contributed by atoms with van der Waals surface area (Å²) in [5.41, 5.74) is 0.898. The van der Waals surface area contributed by atoms with Crippen LogP contribution in [0.25, 0.3) is 0 Å². The molecule has 5 nitrogen and oxygen atoms in total. The molecule has 0 spiro atoms. The van der Waals surface area contributed by atoms with Crippen LogP contribution in [-0.2, 0) is 0 Å². The first-order valence-corrected chi connectivity index (χ1v) is 6.68. The van der Waals surface area contributed by atoms with Gasteiger partial charge in [-0.3, -0.25) is 0 Å². The Morgan fingerprint density at radius 1 is 1.42 bits per heavy atom. The van der Waals surface area contributed by atoms with Crippen molar-refractivity contribution >= 4 is 23.1 Å². The number of hydrogen-bond donors (Lipinski definition) is 2. The van der Waals surface area contributed by atoms with Gasteiger partial charge in [-0.25, -0.2) is 14.8 Å². The predicted molar refractivity (Wildman–Crippen MR) is 74.8 cm³/mol. The molecule has 2 rings (SSSR count). The van der Waals surface area contributed by atoms with E-state index in [1.807, 2.05) is 13.8 Å². The first kappa shape index (κ1) is 13.5. The number of aromatic nitrogens is 2. The van der Waals surface area contributed by atoms with Crippen LogP contribution >= 0.6 is 11.3 Å². The zero-order valence-electron chi connectivity index (χ0n) is 11.0. The first-order chi connectivity index (χ1) is 8.99. The molecule has 6 heteroatoms. The monoisotopic (exact) mass is 277 g/mol. The van der Waals surface area contributed by atoms with Gasteiger partial charge in [-0.2, -0.15) is 0 Å². The van der Waals surface area contributed by atoms with Crippen molar-refractivity contribution in [3.63, 3.8) is 0 Å². The van der Waals surface area contributed by atoms with Gasteiger partial charge in [0.25, 0.3) is 0 Å². The quantitative estimate of drug-likeness (QED) is 0.898. The maximum Gasteiger partial charge on any atom is 0.339 e. The second-order valence-electron chi connectivity index (χ2n) is 4.33. The van der Waals surface area contributed by atoms with Gasteiger partial charge in [0.15, 0.2) is 0 Å². The summed E-state index contributed by atoms with van der Waals surface area (Å²) in [6.07, 6.45) is 3.41. The van der Waals surface area contributed by atoms with Gasteiger partial charge in [-0.15, -0.1) is 11.3 Å². The molecule has 0 bridgehead atoms. The molecule has 1 atom stereocenters. The molecule has 1 unspecified atom stereocenters. The third-order valence-corrected chi connectivity index (χ3v) is 3.83. The molecule has 0 aliphatic heterocycles. The highest BCUT2D eigenvalue weighted by Crippen LogP contribution is 2.25. The van der Waals surface area contributed by atoms with Gasteiger partial charge in [-0.05, 0) is 32.4 Å². The molecule has 0 aromatic carbocycles. The van der Waals surface area contributed by atoms with Crippen LogP contribution in [-0.4, -0.2) is 21.0 Å². The van der Waals surface area contributed by atoms with Crippen molar-refractivity contribution in [2.45, 2.75) is 26.8 Å². The third-order valence-electron chi connectivity index (χ3n) is 2.74. The highest BCUT2D eigenvalue weighted by Gasteiger charge is 2.17. The molecule has 2 N–H and O–H groups in total. The number of nitrogens with zero attached hydrogens (tertiary/aromatic N) is 2. The molecule has 0 amide bonds. The van der Waals surface area contributed by atoms with E-state index in [4.69, 9.17) is 0 Å². The minimum atomic E-state index is -0.976. The maximum atomic E-state index is 11.3. The normalized spacial score (nSPS) is 12.2. The van der Waals surface area contributed by atoms with Crippen LogP contribution in [0.3, 0.4) is 0 Å². The van der Waals surface area contributed by atoms with Crippen molar-refractivity contribution in [3.8, 4) is 0 Å². The van der Waals surface area contributed by atoms with Crippen molar-refractivity contribution in [1.82, 2.24) is 9.97 Å². The Balaban J connectivity index is 2.28. The molecular weight excluding hydrogens is 262 g/mol. The van der Waals surface area contributed by atoms with Gasteiger partial charge in [-0.1, -0.05) is 0 Å². The lowest BCUT2D eigenvalue weighted by atomic mass is 10.1. The molecule has 0 fully saturated rings. The van der Waals surface area contributed by atoms with Gasteiger partial charge in [0.05, 0.1) is 6.04 Å². The topological polar surface area (TPSA) is 75.1 Å². The Hall–Kier alpha value is -1.95. The molecule has 2 aromatic heterocycles. The molecule has 2 heterocycles. The SMILES string of the molecule is Cc1cnc(C(C)Nc2nccc(C)c2C(=O)O)s1. The van der Waals surface area contributed by atoms with Crippen molar-refractivity contribution in [1.29, 1.82) is 0 Å². The number of carbonyl (C=O) groups is 1. The van der Waals surface area contributed by atoms with E-state index in [0.717, 1.165) is 9.88 Å². The van der Waals surface area contributed by atoms with Gasteiger partial charge in [0.2, 0.25) is 0 Å². The Kier molecular flexibility index (Phi) is 3.80. The van der Waals surface area contributed by atoms with Crippen LogP contribution in [0.1, 0.15) is 38.8 Å². The van der Waals surface area contributed by atoms with E-state index in [1.165, 1.54) is 0 Å². The summed E-state index contributed by atoms with van der Waals surface area (Å²) in [4.78, 5) is 20.8. The first-order valence-electron chi connectivity index (χ1n) is 5.86. The molecule has 0 aliphatic rings. The van der Waals surface area contributed by atoms with Gasteiger partial charge >= 0.3 is 5.97 Å². The van der Waals surface area contributed by atoms with Crippen molar-refractivity contribution < 1.29 is 9.90 Å². The minimum absolute atomic E-state index is 0.0777. The van der Waals surface area contributed by atoms with Crippen molar-refractivity contribution in [2.75, 3.05) is 5.32 Å². The van der Waals surface area contributed by atoms with E-state index in [-0.39, 0.29) is 11.6 Å². The predicted octanol–water partition coefficient (Wildman–Crippen LogP) is 3.03. The molecule has 0 aliphatic carbocycles. The summed E-state index contributed by atoms with van der Waals surface area (Å²) in [5, 5.41) is 13.3. The zero-order valence-corrected chi connectivity index (χ0v) is 11.8. The third kappa shape index (κ3) is 2.90. The standard InChI is InChI=1S/C13H15N3O2S/c1-7-4-5-14-11(10(7)13(17)18)16-9(3)12-15-6-8(2)19-12/h4-6,9H,1-3H3,(H,14,16)(H,17,18). The molecule has 2 aromatic rings. The number of anilines is 1. The fourth-order valence-electron chi connectivity index (χ4n) is 1.78. The highest BCUT2D eigenvalue weighted by atomic mass is 32.1. The number of hydrogen-bond acceptors (Lipinski definition) is 5. The molecule has 0 radical (unpaired) electrons. The number of rotatable bonds is 4. The number of aryl methyl sites for hydroxylation is 2. The lowest BCUT2D eigenvalue weighted by molar-refractivity contribution is 0.0697. The number of carboxylic acids is 1. The van der Waals surface area contributed by atoms with Crippen LogP contribution < -0.4 is 5.32 Å². The van der Waals surface area contributed by atoms with Crippen LogP contribution in [0.2, 0.25) is 0 Å². The number of nitrogens with one attached hydrogen (secondary N) is 1. The van der Waals surface area contributed by atoms with Crippen LogP contribution in [0.15, 0.2) is 18.5 Å². The van der Waals surface area contributed by atoms with Crippen LogP contribution in [0.4, 0.5) is 5.82 Å². The highest BCUT2D eigenvalue weighted by molar-refractivity contribution is 7.11. The number of carboxylic acid groups (broad SMARTS) is 1. The average Bonchev–Trinajstić information content (AvgIpc) is 2.75. The fourth-order valence-corrected chi connectivity index (χ4v) is 2.55. The van der Waals surface area contributed by atoms with Gasteiger partial charge in [0, 0.05) is 17.3 Å². The fraction of sp³-hybridized carbons (Fsp3) is 0.308. The van der Waals surface area contributed by atoms with Gasteiger partial charge < -0.3 is 10.4 Å². The van der Waals surface area contributed by atoms with Crippen molar-refractivity contribution in [3.05, 3.63) is 39.5 Å². The summed E-state index contributed by atoms with van der Waals surface area (Å²) in [7, 11) is 0. The van der Waals surface area contributed by atoms with Crippen LogP contribution in [0.5, 0.6) is 0 Å². The minimum Gasteiger partial charge on any atom is -0.478 e. The molecule has 0 saturated carbocycles. The smallest absolute Gasteiger partial charge is 0.339 e. The van der Waals surface area contributed by atoms with Crippen LogP contribution in [0, 0.1) is 13.8 Å². The Labute approximate surface area is 115 Å². The number of thiazole rings is 1. The maximum absolute atomic E-state index is 11.3. The Morgan fingerprint density at radius 3 is 2.74 bits per heavy atom. The number of aromatic carboxylic acids is 1. The van der Waals surface area contributed by atoms with E-state index in [9.17, 15) is 9.90 Å². The largest absolute Gasteiger partial charge is 0.478 e. The number of pyridine rings is 1. The second-order valence-corrected chi connectivity index (χ2v) is 5.60. The second kappa shape index (κ2) is 5.36. The summed E-state index contributed by atoms with van der Waals surface area (Å²) in [5.74, 6) is -0.594. The lowest BCUT2D eigenvalue weighted by Crippen LogP contribution is -2.13. The van der Waals surface area contributed by atoms with E-state index < -0.39 is 5.97 Å².